The molecule has 0 aliphatic heterocycles. The number of aliphatic hydroxyl groups is 1. The average Bonchev–Trinajstić information content (AvgIpc) is 2.43. The van der Waals surface area contributed by atoms with Crippen LogP contribution in [0.3, 0.4) is 0 Å². The van der Waals surface area contributed by atoms with Gasteiger partial charge in [0.25, 0.3) is 5.91 Å². The summed E-state index contributed by atoms with van der Waals surface area (Å²) in [6, 6.07) is 6.53. The van der Waals surface area contributed by atoms with E-state index in [1.807, 2.05) is 6.92 Å². The molecule has 6 heteroatoms. The molecule has 2 N–H and O–H groups in total. The minimum Gasteiger partial charge on any atom is -0.387 e. The van der Waals surface area contributed by atoms with Crippen molar-refractivity contribution < 1.29 is 9.90 Å². The predicted octanol–water partition coefficient (Wildman–Crippen LogP) is 3.16. The number of hydrogen-bond acceptors (Lipinski definition) is 3. The third kappa shape index (κ3) is 4.43. The highest BCUT2D eigenvalue weighted by molar-refractivity contribution is 6.34. The molecule has 0 aliphatic carbocycles. The molecule has 2 rings (SSSR count). The van der Waals surface area contributed by atoms with Gasteiger partial charge >= 0.3 is 0 Å². The van der Waals surface area contributed by atoms with Crippen molar-refractivity contribution in [3.05, 3.63) is 63.4 Å². The Morgan fingerprint density at radius 3 is 2.52 bits per heavy atom. The van der Waals surface area contributed by atoms with E-state index in [9.17, 15) is 9.90 Å². The second-order valence-corrected chi connectivity index (χ2v) is 5.55. The van der Waals surface area contributed by atoms with Crippen molar-refractivity contribution >= 4 is 29.1 Å². The summed E-state index contributed by atoms with van der Waals surface area (Å²) in [5, 5.41) is 13.6. The summed E-state index contributed by atoms with van der Waals surface area (Å²) in [7, 11) is 0. The molecule has 0 spiro atoms. The number of aliphatic hydroxyl groups excluding tert-OH is 1. The summed E-state index contributed by atoms with van der Waals surface area (Å²) in [4.78, 5) is 15.9. The first-order chi connectivity index (χ1) is 9.95. The molecule has 1 amide bonds. The van der Waals surface area contributed by atoms with Crippen LogP contribution in [0.1, 0.15) is 27.6 Å². The normalized spacial score (nSPS) is 12.0. The van der Waals surface area contributed by atoms with E-state index < -0.39 is 6.10 Å². The molecular weight excluding hydrogens is 311 g/mol. The molecule has 4 nitrogen and oxygen atoms in total. The Kier molecular flexibility index (Phi) is 5.17. The van der Waals surface area contributed by atoms with E-state index in [1.54, 1.807) is 30.5 Å². The predicted molar refractivity (Wildman–Crippen MR) is 82.7 cm³/mol. The molecule has 1 atom stereocenters. The highest BCUT2D eigenvalue weighted by Gasteiger charge is 2.12. The van der Waals surface area contributed by atoms with Crippen LogP contribution < -0.4 is 5.32 Å². The Morgan fingerprint density at radius 2 is 1.90 bits per heavy atom. The van der Waals surface area contributed by atoms with Crippen LogP contribution in [0.4, 0.5) is 0 Å². The fourth-order valence-electron chi connectivity index (χ4n) is 1.86. The van der Waals surface area contributed by atoms with Crippen LogP contribution >= 0.6 is 23.2 Å². The highest BCUT2D eigenvalue weighted by atomic mass is 35.5. The zero-order chi connectivity index (χ0) is 15.4. The zero-order valence-electron chi connectivity index (χ0n) is 11.3. The van der Waals surface area contributed by atoms with E-state index in [-0.39, 0.29) is 12.5 Å². The topological polar surface area (TPSA) is 62.2 Å². The van der Waals surface area contributed by atoms with Gasteiger partial charge in [0.2, 0.25) is 0 Å². The number of aromatic nitrogens is 1. The van der Waals surface area contributed by atoms with E-state index in [1.165, 1.54) is 6.20 Å². The van der Waals surface area contributed by atoms with E-state index in [2.05, 4.69) is 10.3 Å². The van der Waals surface area contributed by atoms with Gasteiger partial charge in [0.05, 0.1) is 11.7 Å². The number of aryl methyl sites for hydroxylation is 1. The Hall–Kier alpha value is -1.62. The van der Waals surface area contributed by atoms with Crippen LogP contribution in [0.2, 0.25) is 10.0 Å². The molecule has 2 aromatic rings. The Balaban J connectivity index is 2.00. The van der Waals surface area contributed by atoms with Crippen LogP contribution in [0.25, 0.3) is 0 Å². The van der Waals surface area contributed by atoms with Crippen LogP contribution in [-0.4, -0.2) is 22.5 Å². The number of nitrogens with one attached hydrogen (secondary N) is 1. The summed E-state index contributed by atoms with van der Waals surface area (Å²) in [5.74, 6) is -0.293. The minimum absolute atomic E-state index is 0.0590. The number of amides is 1. The van der Waals surface area contributed by atoms with E-state index in [0.29, 0.717) is 21.2 Å². The van der Waals surface area contributed by atoms with Crippen molar-refractivity contribution in [3.63, 3.8) is 0 Å². The molecule has 21 heavy (non-hydrogen) atoms. The molecule has 0 saturated carbocycles. The first-order valence-corrected chi connectivity index (χ1v) is 7.05. The Morgan fingerprint density at radius 1 is 1.24 bits per heavy atom. The zero-order valence-corrected chi connectivity index (χ0v) is 12.8. The average molecular weight is 325 g/mol. The van der Waals surface area contributed by atoms with Gasteiger partial charge in [0.15, 0.2) is 0 Å². The maximum absolute atomic E-state index is 12.0. The fraction of sp³-hybridized carbons (Fsp3) is 0.200. The number of pyridine rings is 1. The Bertz CT molecular complexity index is 642. The number of rotatable bonds is 4. The van der Waals surface area contributed by atoms with Crippen LogP contribution in [0.15, 0.2) is 36.7 Å². The molecule has 1 aromatic heterocycles. The van der Waals surface area contributed by atoms with Gasteiger partial charge < -0.3 is 10.4 Å². The molecule has 0 bridgehead atoms. The van der Waals surface area contributed by atoms with E-state index in [4.69, 9.17) is 23.2 Å². The number of carbonyl (C=O) groups excluding carboxylic acids is 1. The molecule has 0 fully saturated rings. The fourth-order valence-corrected chi connectivity index (χ4v) is 2.40. The first kappa shape index (κ1) is 15.8. The summed E-state index contributed by atoms with van der Waals surface area (Å²) in [6.07, 6.45) is 2.26. The van der Waals surface area contributed by atoms with Gasteiger partial charge in [-0.3, -0.25) is 9.78 Å². The van der Waals surface area contributed by atoms with Crippen molar-refractivity contribution in [2.75, 3.05) is 6.54 Å². The van der Waals surface area contributed by atoms with E-state index in [0.717, 1.165) is 5.56 Å². The van der Waals surface area contributed by atoms with Gasteiger partial charge in [-0.15, -0.1) is 0 Å². The van der Waals surface area contributed by atoms with Gasteiger partial charge in [0, 0.05) is 29.0 Å². The smallest absolute Gasteiger partial charge is 0.252 e. The number of benzene rings is 1. The maximum Gasteiger partial charge on any atom is 0.252 e. The third-order valence-corrected chi connectivity index (χ3v) is 3.30. The number of carbonyl (C=O) groups is 1. The molecule has 0 saturated heterocycles. The number of hydrogen-bond donors (Lipinski definition) is 2. The minimum atomic E-state index is -0.886. The largest absolute Gasteiger partial charge is 0.387 e. The standard InChI is InChI=1S/C15H14Cl2N2O2/c1-9-2-11(7-18-6-9)15(21)19-8-14(20)10-3-12(16)5-13(17)4-10/h2-7,14,20H,8H2,1H3,(H,19,21). The van der Waals surface area contributed by atoms with Crippen molar-refractivity contribution in [1.82, 2.24) is 10.3 Å². The molecule has 1 unspecified atom stereocenters. The lowest BCUT2D eigenvalue weighted by molar-refractivity contribution is 0.0916. The summed E-state index contributed by atoms with van der Waals surface area (Å²) in [5.41, 5.74) is 1.89. The van der Waals surface area contributed by atoms with Crippen LogP contribution in [-0.2, 0) is 0 Å². The Labute approximate surface area is 132 Å². The van der Waals surface area contributed by atoms with Crippen LogP contribution in [0.5, 0.6) is 0 Å². The van der Waals surface area contributed by atoms with Gasteiger partial charge in [-0.2, -0.15) is 0 Å². The first-order valence-electron chi connectivity index (χ1n) is 6.29. The highest BCUT2D eigenvalue weighted by Crippen LogP contribution is 2.23. The SMILES string of the molecule is Cc1cncc(C(=O)NCC(O)c2cc(Cl)cc(Cl)c2)c1. The second-order valence-electron chi connectivity index (χ2n) is 4.68. The monoisotopic (exact) mass is 324 g/mol. The number of nitrogens with zero attached hydrogens (tertiary/aromatic N) is 1. The van der Waals surface area contributed by atoms with Crippen molar-refractivity contribution in [1.29, 1.82) is 0 Å². The summed E-state index contributed by atoms with van der Waals surface area (Å²) in [6.45, 7) is 1.91. The lowest BCUT2D eigenvalue weighted by Crippen LogP contribution is -2.28. The molecular formula is C15H14Cl2N2O2. The van der Waals surface area contributed by atoms with Gasteiger partial charge in [-0.05, 0) is 42.3 Å². The molecule has 0 radical (unpaired) electrons. The lowest BCUT2D eigenvalue weighted by atomic mass is 10.1. The molecule has 1 heterocycles. The van der Waals surface area contributed by atoms with Gasteiger partial charge in [0.1, 0.15) is 0 Å². The summed E-state index contributed by atoms with van der Waals surface area (Å²) < 4.78 is 0. The third-order valence-electron chi connectivity index (χ3n) is 2.86. The second kappa shape index (κ2) is 6.89. The quantitative estimate of drug-likeness (QED) is 0.908. The summed E-state index contributed by atoms with van der Waals surface area (Å²) >= 11 is 11.8. The van der Waals surface area contributed by atoms with Crippen molar-refractivity contribution in [2.45, 2.75) is 13.0 Å². The molecule has 0 aliphatic rings. The maximum atomic E-state index is 12.0. The van der Waals surface area contributed by atoms with Crippen LogP contribution in [0, 0.1) is 6.92 Å². The van der Waals surface area contributed by atoms with Crippen molar-refractivity contribution in [2.24, 2.45) is 0 Å². The van der Waals surface area contributed by atoms with Gasteiger partial charge in [-0.25, -0.2) is 0 Å². The van der Waals surface area contributed by atoms with Crippen molar-refractivity contribution in [3.8, 4) is 0 Å². The molecule has 110 valence electrons. The van der Waals surface area contributed by atoms with E-state index >= 15 is 0 Å². The number of halogens is 2. The molecule has 1 aromatic carbocycles. The lowest BCUT2D eigenvalue weighted by Gasteiger charge is -2.13. The van der Waals surface area contributed by atoms with Gasteiger partial charge in [-0.1, -0.05) is 23.2 Å².